The fraction of sp³-hybridized carbons (Fsp3) is 0.583. The van der Waals surface area contributed by atoms with E-state index in [1.165, 1.54) is 11.3 Å². The van der Waals surface area contributed by atoms with E-state index in [2.05, 4.69) is 0 Å². The summed E-state index contributed by atoms with van der Waals surface area (Å²) in [5, 5.41) is 10.9. The fourth-order valence-electron chi connectivity index (χ4n) is 2.08. The minimum Gasteiger partial charge on any atom is -0.495 e. The molecule has 2 rings (SSSR count). The molecule has 1 amide bonds. The molecule has 1 saturated heterocycles. The van der Waals surface area contributed by atoms with Crippen LogP contribution in [0, 0.1) is 5.92 Å². The van der Waals surface area contributed by atoms with Crippen LogP contribution in [0.3, 0.4) is 0 Å². The van der Waals surface area contributed by atoms with Gasteiger partial charge in [-0.1, -0.05) is 0 Å². The highest BCUT2D eigenvalue weighted by molar-refractivity contribution is 7.12. The zero-order valence-corrected chi connectivity index (χ0v) is 10.7. The van der Waals surface area contributed by atoms with Gasteiger partial charge in [-0.2, -0.15) is 0 Å². The molecule has 1 fully saturated rings. The molecule has 4 nitrogen and oxygen atoms in total. The molecule has 0 radical (unpaired) electrons. The van der Waals surface area contributed by atoms with Crippen LogP contribution in [0.25, 0.3) is 0 Å². The van der Waals surface area contributed by atoms with Crippen molar-refractivity contribution in [2.24, 2.45) is 5.92 Å². The number of nitrogens with zero attached hydrogens (tertiary/aromatic N) is 1. The normalized spacial score (nSPS) is 17.2. The average Bonchev–Trinajstić information content (AvgIpc) is 2.86. The Hall–Kier alpha value is -1.07. The molecule has 0 bridgehead atoms. The highest BCUT2D eigenvalue weighted by Crippen LogP contribution is 2.27. The first-order chi connectivity index (χ1) is 8.26. The molecule has 1 aliphatic rings. The third kappa shape index (κ3) is 2.61. The molecule has 1 aliphatic heterocycles. The van der Waals surface area contributed by atoms with Crippen LogP contribution in [0.2, 0.25) is 0 Å². The molecule has 1 aromatic heterocycles. The van der Waals surface area contributed by atoms with Crippen molar-refractivity contribution in [2.75, 3.05) is 26.8 Å². The van der Waals surface area contributed by atoms with Gasteiger partial charge in [0.05, 0.1) is 7.11 Å². The van der Waals surface area contributed by atoms with E-state index in [0.717, 1.165) is 25.9 Å². The Morgan fingerprint density at radius 2 is 2.29 bits per heavy atom. The van der Waals surface area contributed by atoms with Crippen LogP contribution in [0.4, 0.5) is 0 Å². The standard InChI is InChI=1S/C12H17NO3S/c1-16-10-4-7-17-11(10)12(15)13-5-2-9(8-14)3-6-13/h4,7,9,14H,2-3,5-6,8H2,1H3. The van der Waals surface area contributed by atoms with Crippen LogP contribution < -0.4 is 4.74 Å². The maximum atomic E-state index is 12.2. The first-order valence-corrected chi connectivity index (χ1v) is 6.66. The van der Waals surface area contributed by atoms with Gasteiger partial charge in [0.2, 0.25) is 0 Å². The van der Waals surface area contributed by atoms with Gasteiger partial charge in [-0.25, -0.2) is 0 Å². The lowest BCUT2D eigenvalue weighted by atomic mass is 9.98. The minimum absolute atomic E-state index is 0.0493. The average molecular weight is 255 g/mol. The Morgan fingerprint density at radius 3 is 2.88 bits per heavy atom. The molecule has 1 N–H and O–H groups in total. The van der Waals surface area contributed by atoms with Gasteiger partial charge in [0.1, 0.15) is 10.6 Å². The predicted molar refractivity (Wildman–Crippen MR) is 66.6 cm³/mol. The number of rotatable bonds is 3. The van der Waals surface area contributed by atoms with E-state index in [1.807, 2.05) is 16.3 Å². The highest BCUT2D eigenvalue weighted by Gasteiger charge is 2.25. The summed E-state index contributed by atoms with van der Waals surface area (Å²) in [5.41, 5.74) is 0. The van der Waals surface area contributed by atoms with Gasteiger partial charge in [-0.05, 0) is 30.2 Å². The summed E-state index contributed by atoms with van der Waals surface area (Å²) in [4.78, 5) is 14.8. The lowest BCUT2D eigenvalue weighted by Crippen LogP contribution is -2.39. The fourth-order valence-corrected chi connectivity index (χ4v) is 2.90. The first kappa shape index (κ1) is 12.4. The number of likely N-dealkylation sites (tertiary alicyclic amines) is 1. The SMILES string of the molecule is COc1ccsc1C(=O)N1CCC(CO)CC1. The summed E-state index contributed by atoms with van der Waals surface area (Å²) in [7, 11) is 1.58. The molecule has 0 spiro atoms. The van der Waals surface area contributed by atoms with Crippen LogP contribution >= 0.6 is 11.3 Å². The van der Waals surface area contributed by atoms with Crippen molar-refractivity contribution in [1.29, 1.82) is 0 Å². The highest BCUT2D eigenvalue weighted by atomic mass is 32.1. The number of methoxy groups -OCH3 is 1. The van der Waals surface area contributed by atoms with E-state index in [9.17, 15) is 4.79 Å². The quantitative estimate of drug-likeness (QED) is 0.892. The van der Waals surface area contributed by atoms with Gasteiger partial charge >= 0.3 is 0 Å². The zero-order chi connectivity index (χ0) is 12.3. The lowest BCUT2D eigenvalue weighted by Gasteiger charge is -2.30. The second kappa shape index (κ2) is 5.51. The van der Waals surface area contributed by atoms with E-state index in [0.29, 0.717) is 16.5 Å². The van der Waals surface area contributed by atoms with E-state index in [-0.39, 0.29) is 12.5 Å². The summed E-state index contributed by atoms with van der Waals surface area (Å²) in [6.07, 6.45) is 1.77. The smallest absolute Gasteiger partial charge is 0.267 e. The van der Waals surface area contributed by atoms with Crippen LogP contribution in [0.15, 0.2) is 11.4 Å². The summed E-state index contributed by atoms with van der Waals surface area (Å²) in [5.74, 6) is 1.06. The number of hydrogen-bond donors (Lipinski definition) is 1. The van der Waals surface area contributed by atoms with Crippen molar-refractivity contribution in [2.45, 2.75) is 12.8 Å². The van der Waals surface area contributed by atoms with Gasteiger partial charge in [-0.15, -0.1) is 11.3 Å². The largest absolute Gasteiger partial charge is 0.495 e. The van der Waals surface area contributed by atoms with Crippen molar-refractivity contribution in [3.8, 4) is 5.75 Å². The van der Waals surface area contributed by atoms with Crippen molar-refractivity contribution in [3.63, 3.8) is 0 Å². The number of aliphatic hydroxyl groups excluding tert-OH is 1. The van der Waals surface area contributed by atoms with E-state index >= 15 is 0 Å². The molecule has 0 saturated carbocycles. The molecule has 0 aromatic carbocycles. The lowest BCUT2D eigenvalue weighted by molar-refractivity contribution is 0.0653. The molecule has 0 atom stereocenters. The maximum absolute atomic E-state index is 12.2. The number of thiophene rings is 1. The molecule has 2 heterocycles. The van der Waals surface area contributed by atoms with Gasteiger partial charge in [0.25, 0.3) is 5.91 Å². The zero-order valence-electron chi connectivity index (χ0n) is 9.89. The van der Waals surface area contributed by atoms with Crippen molar-refractivity contribution in [1.82, 2.24) is 4.90 Å². The van der Waals surface area contributed by atoms with Crippen molar-refractivity contribution in [3.05, 3.63) is 16.3 Å². The Balaban J connectivity index is 2.02. The number of piperidine rings is 1. The molecule has 0 aliphatic carbocycles. The summed E-state index contributed by atoms with van der Waals surface area (Å²) < 4.78 is 5.16. The summed E-state index contributed by atoms with van der Waals surface area (Å²) in [6.45, 7) is 1.68. The van der Waals surface area contributed by atoms with E-state index in [1.54, 1.807) is 7.11 Å². The number of ether oxygens (including phenoxy) is 1. The number of hydrogen-bond acceptors (Lipinski definition) is 4. The molecular formula is C12H17NO3S. The summed E-state index contributed by atoms with van der Waals surface area (Å²) in [6, 6.07) is 1.82. The predicted octanol–water partition coefficient (Wildman–Crippen LogP) is 1.60. The van der Waals surface area contributed by atoms with Crippen molar-refractivity contribution >= 4 is 17.2 Å². The number of aliphatic hydroxyl groups is 1. The molecule has 1 aromatic rings. The molecule has 17 heavy (non-hydrogen) atoms. The van der Waals surface area contributed by atoms with E-state index < -0.39 is 0 Å². The monoisotopic (exact) mass is 255 g/mol. The second-order valence-corrected chi connectivity index (χ2v) is 5.15. The van der Waals surface area contributed by atoms with Crippen molar-refractivity contribution < 1.29 is 14.6 Å². The van der Waals surface area contributed by atoms with E-state index in [4.69, 9.17) is 9.84 Å². The Kier molecular flexibility index (Phi) is 4.02. The third-order valence-electron chi connectivity index (χ3n) is 3.20. The van der Waals surface area contributed by atoms with Crippen LogP contribution in [0.5, 0.6) is 5.75 Å². The number of amides is 1. The van der Waals surface area contributed by atoms with Gasteiger partial charge in [0.15, 0.2) is 0 Å². The molecular weight excluding hydrogens is 238 g/mol. The summed E-state index contributed by atoms with van der Waals surface area (Å²) >= 11 is 1.42. The van der Waals surface area contributed by atoms with Crippen LogP contribution in [-0.4, -0.2) is 42.7 Å². The van der Waals surface area contributed by atoms with Gasteiger partial charge in [-0.3, -0.25) is 4.79 Å². The number of carbonyl (C=O) groups excluding carboxylic acids is 1. The topological polar surface area (TPSA) is 49.8 Å². The van der Waals surface area contributed by atoms with Gasteiger partial charge in [0, 0.05) is 19.7 Å². The third-order valence-corrected chi connectivity index (χ3v) is 4.09. The second-order valence-electron chi connectivity index (χ2n) is 4.24. The Bertz CT molecular complexity index is 383. The molecule has 94 valence electrons. The minimum atomic E-state index is 0.0493. The Labute approximate surface area is 105 Å². The molecule has 0 unspecified atom stereocenters. The maximum Gasteiger partial charge on any atom is 0.267 e. The first-order valence-electron chi connectivity index (χ1n) is 5.78. The Morgan fingerprint density at radius 1 is 1.59 bits per heavy atom. The van der Waals surface area contributed by atoms with Crippen LogP contribution in [-0.2, 0) is 0 Å². The number of carbonyl (C=O) groups is 1. The van der Waals surface area contributed by atoms with Gasteiger partial charge < -0.3 is 14.7 Å². The molecule has 5 heteroatoms. The van der Waals surface area contributed by atoms with Crippen LogP contribution in [0.1, 0.15) is 22.5 Å².